The monoisotopic (exact) mass is 412 g/mol. The van der Waals surface area contributed by atoms with Crippen molar-refractivity contribution in [3.63, 3.8) is 0 Å². The number of hydrogen-bond donors (Lipinski definition) is 1. The van der Waals surface area contributed by atoms with Crippen molar-refractivity contribution in [3.8, 4) is 5.75 Å². The number of ether oxygens (including phenoxy) is 1. The molecule has 1 aliphatic carbocycles. The number of amides is 3. The molecule has 1 aromatic heterocycles. The van der Waals surface area contributed by atoms with Gasteiger partial charge in [-0.25, -0.2) is 14.4 Å². The lowest BCUT2D eigenvalue weighted by atomic mass is 9.64. The van der Waals surface area contributed by atoms with Crippen LogP contribution in [0.15, 0.2) is 39.5 Å². The first-order chi connectivity index (χ1) is 14.1. The molecule has 0 bridgehead atoms. The van der Waals surface area contributed by atoms with Crippen LogP contribution >= 0.6 is 0 Å². The van der Waals surface area contributed by atoms with Gasteiger partial charge in [-0.3, -0.25) is 9.69 Å². The maximum absolute atomic E-state index is 13.1. The SMILES string of the molecule is CC1CC(C)(C)CC2(C1)NC(=O)N(CC(=O)Oc1ccc3ccc(=O)oc3c1)C2=O. The molecular formula is C22H24N2O6. The highest BCUT2D eigenvalue weighted by molar-refractivity contribution is 6.09. The molecule has 8 heteroatoms. The van der Waals surface area contributed by atoms with Crippen LogP contribution in [0.25, 0.3) is 11.0 Å². The van der Waals surface area contributed by atoms with Gasteiger partial charge < -0.3 is 14.5 Å². The maximum atomic E-state index is 13.1. The molecule has 2 aromatic rings. The summed E-state index contributed by atoms with van der Waals surface area (Å²) in [6.07, 6.45) is 2.05. The Hall–Kier alpha value is -3.16. The molecule has 2 fully saturated rings. The molecule has 1 saturated heterocycles. The Labute approximate surface area is 173 Å². The quantitative estimate of drug-likeness (QED) is 0.360. The zero-order valence-electron chi connectivity index (χ0n) is 17.2. The molecule has 8 nitrogen and oxygen atoms in total. The Bertz CT molecular complexity index is 1100. The molecular weight excluding hydrogens is 388 g/mol. The number of hydrogen-bond acceptors (Lipinski definition) is 6. The number of imide groups is 1. The van der Waals surface area contributed by atoms with Gasteiger partial charge in [0.2, 0.25) is 0 Å². The minimum Gasteiger partial charge on any atom is -0.425 e. The van der Waals surface area contributed by atoms with E-state index in [0.29, 0.717) is 18.2 Å². The van der Waals surface area contributed by atoms with Crippen LogP contribution in [0.2, 0.25) is 0 Å². The van der Waals surface area contributed by atoms with Gasteiger partial charge in [0, 0.05) is 17.5 Å². The molecule has 1 aromatic carbocycles. The first kappa shape index (κ1) is 20.1. The van der Waals surface area contributed by atoms with Crippen LogP contribution in [-0.4, -0.2) is 34.9 Å². The summed E-state index contributed by atoms with van der Waals surface area (Å²) < 4.78 is 10.4. The fourth-order valence-electron chi connectivity index (χ4n) is 5.05. The number of nitrogens with zero attached hydrogens (tertiary/aromatic N) is 1. The smallest absolute Gasteiger partial charge is 0.336 e. The van der Waals surface area contributed by atoms with Crippen LogP contribution < -0.4 is 15.7 Å². The molecule has 0 radical (unpaired) electrons. The van der Waals surface area contributed by atoms with Crippen molar-refractivity contribution in [2.75, 3.05) is 6.54 Å². The van der Waals surface area contributed by atoms with Gasteiger partial charge >= 0.3 is 17.6 Å². The molecule has 4 rings (SSSR count). The molecule has 1 spiro atoms. The number of benzene rings is 1. The topological polar surface area (TPSA) is 106 Å². The number of carbonyl (C=O) groups excluding carboxylic acids is 3. The maximum Gasteiger partial charge on any atom is 0.336 e. The van der Waals surface area contributed by atoms with E-state index in [1.807, 2.05) is 0 Å². The molecule has 1 N–H and O–H groups in total. The number of nitrogens with one attached hydrogen (secondary N) is 1. The summed E-state index contributed by atoms with van der Waals surface area (Å²) in [5, 5.41) is 3.51. The minimum atomic E-state index is -0.967. The van der Waals surface area contributed by atoms with Crippen molar-refractivity contribution >= 4 is 28.9 Å². The van der Waals surface area contributed by atoms with Crippen molar-refractivity contribution in [3.05, 3.63) is 40.8 Å². The Balaban J connectivity index is 1.49. The normalized spacial score (nSPS) is 25.6. The number of rotatable bonds is 3. The van der Waals surface area contributed by atoms with Gasteiger partial charge in [0.05, 0.1) is 0 Å². The van der Waals surface area contributed by atoms with E-state index in [9.17, 15) is 19.2 Å². The second-order valence-electron chi connectivity index (χ2n) is 9.19. The lowest BCUT2D eigenvalue weighted by Gasteiger charge is -2.43. The van der Waals surface area contributed by atoms with Crippen LogP contribution in [0.4, 0.5) is 4.79 Å². The van der Waals surface area contributed by atoms with E-state index in [4.69, 9.17) is 9.15 Å². The van der Waals surface area contributed by atoms with E-state index in [1.165, 1.54) is 12.1 Å². The largest absolute Gasteiger partial charge is 0.425 e. The van der Waals surface area contributed by atoms with Crippen molar-refractivity contribution < 1.29 is 23.5 Å². The van der Waals surface area contributed by atoms with Crippen LogP contribution in [0.1, 0.15) is 40.0 Å². The van der Waals surface area contributed by atoms with Gasteiger partial charge in [-0.2, -0.15) is 0 Å². The Morgan fingerprint density at radius 3 is 2.67 bits per heavy atom. The summed E-state index contributed by atoms with van der Waals surface area (Å²) in [6, 6.07) is 6.95. The average Bonchev–Trinajstić information content (AvgIpc) is 2.83. The van der Waals surface area contributed by atoms with Gasteiger partial charge in [-0.05, 0) is 48.8 Å². The third kappa shape index (κ3) is 3.69. The molecule has 158 valence electrons. The molecule has 2 aliphatic rings. The fraction of sp³-hybridized carbons (Fsp3) is 0.455. The van der Waals surface area contributed by atoms with E-state index < -0.39 is 29.7 Å². The van der Waals surface area contributed by atoms with Gasteiger partial charge in [0.1, 0.15) is 23.4 Å². The third-order valence-electron chi connectivity index (χ3n) is 5.74. The van der Waals surface area contributed by atoms with Crippen LogP contribution in [-0.2, 0) is 9.59 Å². The van der Waals surface area contributed by atoms with Crippen molar-refractivity contribution in [1.82, 2.24) is 10.2 Å². The minimum absolute atomic E-state index is 0.0911. The number of esters is 1. The number of fused-ring (bicyclic) bond motifs is 1. The van der Waals surface area contributed by atoms with Crippen LogP contribution in [0, 0.1) is 11.3 Å². The predicted octanol–water partition coefficient (Wildman–Crippen LogP) is 2.84. The van der Waals surface area contributed by atoms with E-state index in [-0.39, 0.29) is 28.6 Å². The second-order valence-corrected chi connectivity index (χ2v) is 9.19. The lowest BCUT2D eigenvalue weighted by Crippen LogP contribution is -2.54. The van der Waals surface area contributed by atoms with Crippen LogP contribution in [0.3, 0.4) is 0 Å². The van der Waals surface area contributed by atoms with Crippen LogP contribution in [0.5, 0.6) is 5.75 Å². The highest BCUT2D eigenvalue weighted by Crippen LogP contribution is 2.46. The standard InChI is InChI=1S/C22H24N2O6/c1-13-9-21(2,3)12-22(10-13)19(27)24(20(28)23-22)11-18(26)29-15-6-4-14-5-7-17(25)30-16(14)8-15/h4-8,13H,9-12H2,1-3H3,(H,23,28). The number of carbonyl (C=O) groups is 3. The summed E-state index contributed by atoms with van der Waals surface area (Å²) in [4.78, 5) is 50.4. The van der Waals surface area contributed by atoms with Gasteiger partial charge in [0.15, 0.2) is 0 Å². The Morgan fingerprint density at radius 2 is 1.93 bits per heavy atom. The molecule has 3 amide bonds. The second kappa shape index (κ2) is 6.97. The predicted molar refractivity (Wildman–Crippen MR) is 108 cm³/mol. The van der Waals surface area contributed by atoms with E-state index >= 15 is 0 Å². The summed E-state index contributed by atoms with van der Waals surface area (Å²) in [5.74, 6) is -0.696. The first-order valence-corrected chi connectivity index (χ1v) is 9.96. The van der Waals surface area contributed by atoms with Crippen molar-refractivity contribution in [2.45, 2.75) is 45.6 Å². The lowest BCUT2D eigenvalue weighted by molar-refractivity contribution is -0.142. The molecule has 1 saturated carbocycles. The molecule has 2 heterocycles. The van der Waals surface area contributed by atoms with E-state index in [2.05, 4.69) is 26.1 Å². The van der Waals surface area contributed by atoms with Crippen molar-refractivity contribution in [1.29, 1.82) is 0 Å². The third-order valence-corrected chi connectivity index (χ3v) is 5.74. The zero-order chi connectivity index (χ0) is 21.7. The summed E-state index contributed by atoms with van der Waals surface area (Å²) in [5.41, 5.74) is -1.29. The van der Waals surface area contributed by atoms with Gasteiger partial charge in [0.25, 0.3) is 5.91 Å². The molecule has 2 unspecified atom stereocenters. The zero-order valence-corrected chi connectivity index (χ0v) is 17.2. The van der Waals surface area contributed by atoms with Crippen molar-refractivity contribution in [2.24, 2.45) is 11.3 Å². The summed E-state index contributed by atoms with van der Waals surface area (Å²) >= 11 is 0. The summed E-state index contributed by atoms with van der Waals surface area (Å²) in [6.45, 7) is 5.74. The first-order valence-electron chi connectivity index (χ1n) is 9.96. The molecule has 30 heavy (non-hydrogen) atoms. The molecule has 1 aliphatic heterocycles. The Kier molecular flexibility index (Phi) is 4.67. The summed E-state index contributed by atoms with van der Waals surface area (Å²) in [7, 11) is 0. The Morgan fingerprint density at radius 1 is 1.20 bits per heavy atom. The van der Waals surface area contributed by atoms with E-state index in [0.717, 1.165) is 11.3 Å². The highest BCUT2D eigenvalue weighted by atomic mass is 16.5. The van der Waals surface area contributed by atoms with Gasteiger partial charge in [-0.1, -0.05) is 20.8 Å². The number of urea groups is 1. The highest BCUT2D eigenvalue weighted by Gasteiger charge is 2.56. The molecule has 2 atom stereocenters. The average molecular weight is 412 g/mol. The van der Waals surface area contributed by atoms with Gasteiger partial charge in [-0.15, -0.1) is 0 Å². The fourth-order valence-corrected chi connectivity index (χ4v) is 5.05. The van der Waals surface area contributed by atoms with E-state index in [1.54, 1.807) is 18.2 Å².